The fourth-order valence-corrected chi connectivity index (χ4v) is 3.97. The molecule has 2 aromatic rings. The summed E-state index contributed by atoms with van der Waals surface area (Å²) >= 11 is 0. The molecule has 3 rings (SSSR count). The number of carbonyl (C=O) groups is 1. The minimum atomic E-state index is 0.190. The molecule has 140 valence electrons. The average molecular weight is 354 g/mol. The van der Waals surface area contributed by atoms with Crippen molar-refractivity contribution in [1.29, 1.82) is 0 Å². The highest BCUT2D eigenvalue weighted by Crippen LogP contribution is 2.30. The summed E-state index contributed by atoms with van der Waals surface area (Å²) in [4.78, 5) is 19.1. The number of fused-ring (bicyclic) bond motifs is 1. The smallest absolute Gasteiger partial charge is 0.223 e. The summed E-state index contributed by atoms with van der Waals surface area (Å²) in [6.45, 7) is 8.40. The predicted molar refractivity (Wildman–Crippen MR) is 107 cm³/mol. The molecule has 0 saturated carbocycles. The van der Waals surface area contributed by atoms with E-state index in [1.165, 1.54) is 44.0 Å². The fraction of sp³-hybridized carbons (Fsp3) is 0.545. The Balaban J connectivity index is 1.75. The molecule has 2 heterocycles. The van der Waals surface area contributed by atoms with Gasteiger partial charge in [-0.2, -0.15) is 0 Å². The van der Waals surface area contributed by atoms with E-state index < -0.39 is 0 Å². The minimum absolute atomic E-state index is 0.190. The molecule has 1 atom stereocenters. The number of aromatic nitrogens is 2. The van der Waals surface area contributed by atoms with Crippen LogP contribution >= 0.6 is 0 Å². The van der Waals surface area contributed by atoms with Gasteiger partial charge in [0.05, 0.1) is 11.0 Å². The first kappa shape index (κ1) is 18.7. The van der Waals surface area contributed by atoms with Gasteiger partial charge in [-0.05, 0) is 18.6 Å². The van der Waals surface area contributed by atoms with E-state index >= 15 is 0 Å². The van der Waals surface area contributed by atoms with Gasteiger partial charge in [0.25, 0.3) is 0 Å². The van der Waals surface area contributed by atoms with Crippen LogP contribution in [0.2, 0.25) is 0 Å². The Morgan fingerprint density at radius 2 is 1.96 bits per heavy atom. The maximum Gasteiger partial charge on any atom is 0.223 e. The number of carbonyl (C=O) groups excluding carboxylic acids is 1. The molecule has 1 saturated heterocycles. The van der Waals surface area contributed by atoms with E-state index in [9.17, 15) is 4.79 Å². The molecule has 26 heavy (non-hydrogen) atoms. The van der Waals surface area contributed by atoms with E-state index in [0.29, 0.717) is 13.0 Å². The second-order valence-electron chi connectivity index (χ2n) is 7.37. The van der Waals surface area contributed by atoms with Crippen LogP contribution in [-0.4, -0.2) is 33.4 Å². The number of hydrogen-bond donors (Lipinski definition) is 0. The Morgan fingerprint density at radius 1 is 1.19 bits per heavy atom. The zero-order chi connectivity index (χ0) is 18.4. The number of para-hydroxylation sites is 2. The number of rotatable bonds is 10. The summed E-state index contributed by atoms with van der Waals surface area (Å²) in [6, 6.07) is 8.35. The molecule has 1 aliphatic heterocycles. The van der Waals surface area contributed by atoms with Crippen molar-refractivity contribution in [3.05, 3.63) is 42.7 Å². The van der Waals surface area contributed by atoms with Crippen LogP contribution in [0.4, 0.5) is 0 Å². The molecule has 4 nitrogen and oxygen atoms in total. The number of nitrogens with zero attached hydrogens (tertiary/aromatic N) is 3. The highest BCUT2D eigenvalue weighted by Gasteiger charge is 2.33. The van der Waals surface area contributed by atoms with E-state index in [1.807, 2.05) is 11.0 Å². The van der Waals surface area contributed by atoms with Crippen LogP contribution in [0.25, 0.3) is 11.0 Å². The molecule has 1 amide bonds. The van der Waals surface area contributed by atoms with Gasteiger partial charge in [-0.1, -0.05) is 57.2 Å². The third kappa shape index (κ3) is 4.17. The van der Waals surface area contributed by atoms with Crippen molar-refractivity contribution in [3.63, 3.8) is 0 Å². The van der Waals surface area contributed by atoms with E-state index in [4.69, 9.17) is 4.98 Å². The van der Waals surface area contributed by atoms with E-state index in [-0.39, 0.29) is 11.8 Å². The van der Waals surface area contributed by atoms with Crippen molar-refractivity contribution in [2.75, 3.05) is 13.1 Å². The van der Waals surface area contributed by atoms with Gasteiger partial charge >= 0.3 is 0 Å². The van der Waals surface area contributed by atoms with Gasteiger partial charge in [0.2, 0.25) is 5.91 Å². The molecule has 0 bridgehead atoms. The van der Waals surface area contributed by atoms with E-state index in [2.05, 4.69) is 36.3 Å². The van der Waals surface area contributed by atoms with Gasteiger partial charge in [-0.25, -0.2) is 4.98 Å². The maximum absolute atomic E-state index is 12.3. The number of unbranched alkanes of at least 4 members (excludes halogenated alkanes) is 5. The van der Waals surface area contributed by atoms with Crippen molar-refractivity contribution in [3.8, 4) is 0 Å². The fourth-order valence-electron chi connectivity index (χ4n) is 3.97. The molecule has 1 aliphatic rings. The molecule has 0 radical (unpaired) electrons. The standard InChI is InChI=1S/C22H31N3O/c1-3-5-6-7-8-11-15-25-20-13-10-9-12-19(20)23-22(25)18-16-21(26)24(17-18)14-4-2/h4,9-10,12-13,18H,2-3,5-8,11,14-17H2,1H3. The summed E-state index contributed by atoms with van der Waals surface area (Å²) in [5.74, 6) is 1.49. The lowest BCUT2D eigenvalue weighted by molar-refractivity contribution is -0.127. The van der Waals surface area contributed by atoms with Crippen molar-refractivity contribution < 1.29 is 4.79 Å². The average Bonchev–Trinajstić information content (AvgIpc) is 3.19. The van der Waals surface area contributed by atoms with E-state index in [1.54, 1.807) is 6.08 Å². The van der Waals surface area contributed by atoms with Gasteiger partial charge in [-0.15, -0.1) is 6.58 Å². The molecular weight excluding hydrogens is 322 g/mol. The lowest BCUT2D eigenvalue weighted by Crippen LogP contribution is -2.25. The Morgan fingerprint density at radius 3 is 2.77 bits per heavy atom. The van der Waals surface area contributed by atoms with Crippen molar-refractivity contribution in [2.24, 2.45) is 0 Å². The lowest BCUT2D eigenvalue weighted by atomic mass is 10.1. The topological polar surface area (TPSA) is 38.1 Å². The highest BCUT2D eigenvalue weighted by molar-refractivity contribution is 5.81. The molecule has 0 spiro atoms. The van der Waals surface area contributed by atoms with Crippen LogP contribution in [0.15, 0.2) is 36.9 Å². The predicted octanol–water partition coefficient (Wildman–Crippen LogP) is 4.90. The summed E-state index contributed by atoms with van der Waals surface area (Å²) in [5, 5.41) is 0. The van der Waals surface area contributed by atoms with Crippen molar-refractivity contribution in [2.45, 2.75) is 64.3 Å². The molecule has 1 aromatic carbocycles. The summed E-state index contributed by atoms with van der Waals surface area (Å²) < 4.78 is 2.37. The monoisotopic (exact) mass is 353 g/mol. The molecule has 0 N–H and O–H groups in total. The summed E-state index contributed by atoms with van der Waals surface area (Å²) in [6.07, 6.45) is 10.1. The third-order valence-corrected chi connectivity index (χ3v) is 5.35. The number of benzene rings is 1. The van der Waals surface area contributed by atoms with Crippen LogP contribution in [0.3, 0.4) is 0 Å². The Kier molecular flexibility index (Phi) is 6.48. The van der Waals surface area contributed by atoms with Crippen LogP contribution in [0.5, 0.6) is 0 Å². The number of amides is 1. The zero-order valence-corrected chi connectivity index (χ0v) is 16.0. The van der Waals surface area contributed by atoms with Gasteiger partial charge < -0.3 is 9.47 Å². The molecule has 1 aromatic heterocycles. The number of imidazole rings is 1. The normalized spacial score (nSPS) is 17.3. The summed E-state index contributed by atoms with van der Waals surface area (Å²) in [5.41, 5.74) is 2.24. The van der Waals surface area contributed by atoms with Crippen LogP contribution in [-0.2, 0) is 11.3 Å². The second-order valence-corrected chi connectivity index (χ2v) is 7.37. The van der Waals surface area contributed by atoms with Crippen molar-refractivity contribution >= 4 is 16.9 Å². The minimum Gasteiger partial charge on any atom is -0.338 e. The Hall–Kier alpha value is -2.10. The maximum atomic E-state index is 12.3. The first-order valence-electron chi connectivity index (χ1n) is 10.1. The Bertz CT molecular complexity index is 749. The van der Waals surface area contributed by atoms with Gasteiger partial charge in [0, 0.05) is 32.0 Å². The third-order valence-electron chi connectivity index (χ3n) is 5.35. The lowest BCUT2D eigenvalue weighted by Gasteiger charge is -2.15. The molecule has 1 unspecified atom stereocenters. The SMILES string of the molecule is C=CCN1CC(c2nc3ccccc3n2CCCCCCCC)CC1=O. The van der Waals surface area contributed by atoms with Crippen LogP contribution in [0.1, 0.15) is 63.6 Å². The molecule has 0 aliphatic carbocycles. The first-order valence-corrected chi connectivity index (χ1v) is 10.1. The summed E-state index contributed by atoms with van der Waals surface area (Å²) in [7, 11) is 0. The number of likely N-dealkylation sites (tertiary alicyclic amines) is 1. The number of aryl methyl sites for hydroxylation is 1. The van der Waals surface area contributed by atoms with Gasteiger partial charge in [0.15, 0.2) is 0 Å². The Labute approximate surface area is 156 Å². The van der Waals surface area contributed by atoms with Crippen LogP contribution < -0.4 is 0 Å². The van der Waals surface area contributed by atoms with Gasteiger partial charge in [-0.3, -0.25) is 4.79 Å². The molecular formula is C22H31N3O. The van der Waals surface area contributed by atoms with E-state index in [0.717, 1.165) is 24.4 Å². The highest BCUT2D eigenvalue weighted by atomic mass is 16.2. The zero-order valence-electron chi connectivity index (χ0n) is 16.0. The van der Waals surface area contributed by atoms with Gasteiger partial charge in [0.1, 0.15) is 5.82 Å². The first-order chi connectivity index (χ1) is 12.7. The number of hydrogen-bond acceptors (Lipinski definition) is 2. The quantitative estimate of drug-likeness (QED) is 0.450. The molecule has 1 fully saturated rings. The largest absolute Gasteiger partial charge is 0.338 e. The van der Waals surface area contributed by atoms with Crippen molar-refractivity contribution in [1.82, 2.24) is 14.5 Å². The second kappa shape index (κ2) is 9.02. The molecule has 4 heteroatoms. The van der Waals surface area contributed by atoms with Crippen LogP contribution in [0, 0.1) is 0 Å².